The quantitative estimate of drug-likeness (QED) is 0.845. The third-order valence-electron chi connectivity index (χ3n) is 2.88. The van der Waals surface area contributed by atoms with Crippen molar-refractivity contribution in [1.29, 1.82) is 0 Å². The number of nitrogens with zero attached hydrogens (tertiary/aromatic N) is 5. The number of carbonyl (C=O) groups is 2. The summed E-state index contributed by atoms with van der Waals surface area (Å²) in [5.74, 6) is -0.298. The summed E-state index contributed by atoms with van der Waals surface area (Å²) < 4.78 is 1.71. The highest BCUT2D eigenvalue weighted by molar-refractivity contribution is 6.36. The molecule has 0 unspecified atom stereocenters. The Hall–Kier alpha value is -2.25. The van der Waals surface area contributed by atoms with E-state index in [1.54, 1.807) is 4.68 Å². The van der Waals surface area contributed by atoms with Crippen LogP contribution in [0.4, 0.5) is 0 Å². The smallest absolute Gasteiger partial charge is 0.352 e. The second kappa shape index (κ2) is 5.81. The third-order valence-corrected chi connectivity index (χ3v) is 2.88. The molecule has 20 heavy (non-hydrogen) atoms. The first-order chi connectivity index (χ1) is 9.47. The first-order valence-corrected chi connectivity index (χ1v) is 6.45. The van der Waals surface area contributed by atoms with Crippen LogP contribution in [0, 0.1) is 5.92 Å². The monoisotopic (exact) mass is 279 g/mol. The van der Waals surface area contributed by atoms with E-state index in [2.05, 4.69) is 29.0 Å². The number of rotatable bonds is 5. The number of hydrogen-bond acceptors (Lipinski definition) is 5. The minimum Gasteiger partial charge on any atom is -0.477 e. The fourth-order valence-electron chi connectivity index (χ4n) is 1.92. The zero-order valence-corrected chi connectivity index (χ0v) is 11.5. The predicted octanol–water partition coefficient (Wildman–Crippen LogP) is 0.497. The lowest BCUT2D eigenvalue weighted by molar-refractivity contribution is -0.133. The topological polar surface area (TPSA) is 101 Å². The molecule has 108 valence electrons. The van der Waals surface area contributed by atoms with Crippen LogP contribution >= 0.6 is 0 Å². The average Bonchev–Trinajstić information content (AvgIpc) is 2.78. The number of hydrogen-bond donors (Lipinski definition) is 1. The highest BCUT2D eigenvalue weighted by atomic mass is 16.4. The standard InChI is InChI=1S/C12H17N5O3/c1-8(2)5-16-10(13-7-14-16)6-17-11(18)4-3-9(15-17)12(19)20/h7-8H,3-6H2,1-2H3,(H,19,20). The Bertz CT molecular complexity index is 549. The van der Waals surface area contributed by atoms with Crippen molar-refractivity contribution in [3.8, 4) is 0 Å². The SMILES string of the molecule is CC(C)Cn1ncnc1CN1N=C(C(=O)O)CCC1=O. The molecule has 0 bridgehead atoms. The van der Waals surface area contributed by atoms with E-state index in [1.807, 2.05) is 0 Å². The largest absolute Gasteiger partial charge is 0.477 e. The van der Waals surface area contributed by atoms with Gasteiger partial charge in [0.25, 0.3) is 0 Å². The van der Waals surface area contributed by atoms with Gasteiger partial charge in [0.2, 0.25) is 5.91 Å². The van der Waals surface area contributed by atoms with Crippen LogP contribution in [-0.2, 0) is 22.7 Å². The molecule has 1 amide bonds. The van der Waals surface area contributed by atoms with Gasteiger partial charge >= 0.3 is 5.97 Å². The van der Waals surface area contributed by atoms with Gasteiger partial charge in [0, 0.05) is 19.4 Å². The summed E-state index contributed by atoms with van der Waals surface area (Å²) in [6.07, 6.45) is 1.75. The molecule has 1 aromatic heterocycles. The first-order valence-electron chi connectivity index (χ1n) is 6.45. The Morgan fingerprint density at radius 1 is 1.45 bits per heavy atom. The molecule has 1 aliphatic rings. The normalized spacial score (nSPS) is 15.7. The second-order valence-corrected chi connectivity index (χ2v) is 5.06. The first kappa shape index (κ1) is 14.2. The minimum absolute atomic E-state index is 0.000440. The molecule has 2 heterocycles. The summed E-state index contributed by atoms with van der Waals surface area (Å²) in [5, 5.41) is 18.1. The molecule has 0 saturated heterocycles. The fraction of sp³-hybridized carbons (Fsp3) is 0.583. The van der Waals surface area contributed by atoms with Crippen LogP contribution in [0.15, 0.2) is 11.4 Å². The number of carboxylic acid groups (broad SMARTS) is 1. The van der Waals surface area contributed by atoms with Crippen molar-refractivity contribution in [3.63, 3.8) is 0 Å². The average molecular weight is 279 g/mol. The van der Waals surface area contributed by atoms with Gasteiger partial charge in [-0.05, 0) is 5.92 Å². The van der Waals surface area contributed by atoms with Gasteiger partial charge in [-0.15, -0.1) is 0 Å². The molecule has 0 aliphatic carbocycles. The maximum absolute atomic E-state index is 11.8. The Morgan fingerprint density at radius 2 is 2.20 bits per heavy atom. The van der Waals surface area contributed by atoms with Crippen molar-refractivity contribution in [1.82, 2.24) is 19.8 Å². The molecular formula is C12H17N5O3. The molecule has 0 atom stereocenters. The lowest BCUT2D eigenvalue weighted by atomic mass is 10.1. The number of aromatic nitrogens is 3. The van der Waals surface area contributed by atoms with Crippen LogP contribution < -0.4 is 0 Å². The summed E-state index contributed by atoms with van der Waals surface area (Å²) in [6, 6.07) is 0. The molecule has 0 spiro atoms. The van der Waals surface area contributed by atoms with Crippen LogP contribution in [0.3, 0.4) is 0 Å². The molecule has 0 radical (unpaired) electrons. The summed E-state index contributed by atoms with van der Waals surface area (Å²) in [5.41, 5.74) is -0.000440. The number of carbonyl (C=O) groups excluding carboxylic acids is 1. The summed E-state index contributed by atoms with van der Waals surface area (Å²) >= 11 is 0. The molecule has 0 saturated carbocycles. The zero-order valence-electron chi connectivity index (χ0n) is 11.5. The number of aliphatic carboxylic acids is 1. The fourth-order valence-corrected chi connectivity index (χ4v) is 1.92. The van der Waals surface area contributed by atoms with E-state index < -0.39 is 5.97 Å². The van der Waals surface area contributed by atoms with Crippen molar-refractivity contribution >= 4 is 17.6 Å². The van der Waals surface area contributed by atoms with E-state index in [4.69, 9.17) is 5.11 Å². The van der Waals surface area contributed by atoms with Gasteiger partial charge in [-0.3, -0.25) is 4.79 Å². The van der Waals surface area contributed by atoms with E-state index >= 15 is 0 Å². The number of hydrazone groups is 1. The van der Waals surface area contributed by atoms with Crippen LogP contribution in [0.25, 0.3) is 0 Å². The van der Waals surface area contributed by atoms with E-state index in [-0.39, 0.29) is 31.0 Å². The van der Waals surface area contributed by atoms with E-state index in [9.17, 15) is 9.59 Å². The van der Waals surface area contributed by atoms with Crippen LogP contribution in [0.2, 0.25) is 0 Å². The maximum Gasteiger partial charge on any atom is 0.352 e. The van der Waals surface area contributed by atoms with Gasteiger partial charge in [0.05, 0.1) is 0 Å². The molecule has 1 N–H and O–H groups in total. The summed E-state index contributed by atoms with van der Waals surface area (Å²) in [7, 11) is 0. The molecule has 8 nitrogen and oxygen atoms in total. The van der Waals surface area contributed by atoms with Gasteiger partial charge in [-0.25, -0.2) is 19.5 Å². The van der Waals surface area contributed by atoms with Crippen LogP contribution in [0.1, 0.15) is 32.5 Å². The van der Waals surface area contributed by atoms with Crippen LogP contribution in [0.5, 0.6) is 0 Å². The molecule has 2 rings (SSSR count). The van der Waals surface area contributed by atoms with Crippen molar-refractivity contribution < 1.29 is 14.7 Å². The highest BCUT2D eigenvalue weighted by Gasteiger charge is 2.25. The molecule has 1 aliphatic heterocycles. The van der Waals surface area contributed by atoms with Crippen molar-refractivity contribution in [2.75, 3.05) is 0 Å². The van der Waals surface area contributed by atoms with E-state index in [0.29, 0.717) is 18.3 Å². The predicted molar refractivity (Wildman–Crippen MR) is 69.7 cm³/mol. The van der Waals surface area contributed by atoms with Crippen LogP contribution in [-0.4, -0.2) is 42.5 Å². The third kappa shape index (κ3) is 3.19. The van der Waals surface area contributed by atoms with Crippen molar-refractivity contribution in [2.24, 2.45) is 11.0 Å². The molecular weight excluding hydrogens is 262 g/mol. The zero-order chi connectivity index (χ0) is 14.7. The summed E-state index contributed by atoms with van der Waals surface area (Å²) in [6.45, 7) is 4.94. The second-order valence-electron chi connectivity index (χ2n) is 5.06. The Kier molecular flexibility index (Phi) is 4.11. The molecule has 0 fully saturated rings. The van der Waals surface area contributed by atoms with E-state index in [1.165, 1.54) is 6.33 Å². The Labute approximate surface area is 116 Å². The number of carboxylic acids is 1. The van der Waals surface area contributed by atoms with E-state index in [0.717, 1.165) is 5.01 Å². The van der Waals surface area contributed by atoms with Crippen molar-refractivity contribution in [2.45, 2.75) is 39.8 Å². The molecule has 1 aromatic rings. The summed E-state index contributed by atoms with van der Waals surface area (Å²) in [4.78, 5) is 26.8. The molecule has 0 aromatic carbocycles. The van der Waals surface area contributed by atoms with Crippen molar-refractivity contribution in [3.05, 3.63) is 12.2 Å². The maximum atomic E-state index is 11.8. The van der Waals surface area contributed by atoms with Gasteiger partial charge in [-0.1, -0.05) is 13.8 Å². The lowest BCUT2D eigenvalue weighted by Gasteiger charge is -2.22. The minimum atomic E-state index is -1.09. The number of amides is 1. The highest BCUT2D eigenvalue weighted by Crippen LogP contribution is 2.13. The van der Waals surface area contributed by atoms with Gasteiger partial charge in [-0.2, -0.15) is 10.2 Å². The van der Waals surface area contributed by atoms with Gasteiger partial charge in [0.15, 0.2) is 0 Å². The van der Waals surface area contributed by atoms with Gasteiger partial charge < -0.3 is 5.11 Å². The Balaban J connectivity index is 2.16. The van der Waals surface area contributed by atoms with Gasteiger partial charge in [0.1, 0.15) is 24.4 Å². The lowest BCUT2D eigenvalue weighted by Crippen LogP contribution is -2.34. The molecule has 8 heteroatoms. The Morgan fingerprint density at radius 3 is 2.85 bits per heavy atom.